The molecule has 1 aromatic carbocycles. The molecular formula is C15H22F2N2O. The van der Waals surface area contributed by atoms with Crippen molar-refractivity contribution in [2.45, 2.75) is 39.5 Å². The van der Waals surface area contributed by atoms with Gasteiger partial charge in [-0.15, -0.1) is 0 Å². The third-order valence-corrected chi connectivity index (χ3v) is 3.51. The van der Waals surface area contributed by atoms with E-state index in [4.69, 9.17) is 5.73 Å². The number of amides is 1. The lowest BCUT2D eigenvalue weighted by Crippen LogP contribution is -2.42. The summed E-state index contributed by atoms with van der Waals surface area (Å²) in [6.45, 7) is 4.22. The summed E-state index contributed by atoms with van der Waals surface area (Å²) in [5.41, 5.74) is 5.40. The van der Waals surface area contributed by atoms with Crippen molar-refractivity contribution in [3.63, 3.8) is 0 Å². The Morgan fingerprint density at radius 1 is 1.20 bits per heavy atom. The minimum Gasteiger partial charge on any atom is -0.329 e. The Morgan fingerprint density at radius 2 is 1.80 bits per heavy atom. The Labute approximate surface area is 118 Å². The standard InChI is InChI=1S/C15H22F2N2O/c1-3-7-15(10-18,8-4-2)14(20)19-11-5-6-12(16)13(17)9-11/h5-6,9H,3-4,7-8,10,18H2,1-2H3,(H,19,20). The lowest BCUT2D eigenvalue weighted by molar-refractivity contribution is -0.126. The van der Waals surface area contributed by atoms with Crippen molar-refractivity contribution < 1.29 is 13.6 Å². The molecular weight excluding hydrogens is 262 g/mol. The summed E-state index contributed by atoms with van der Waals surface area (Å²) >= 11 is 0. The molecule has 20 heavy (non-hydrogen) atoms. The van der Waals surface area contributed by atoms with E-state index in [1.807, 2.05) is 13.8 Å². The first-order valence-electron chi connectivity index (χ1n) is 6.95. The lowest BCUT2D eigenvalue weighted by atomic mass is 9.78. The molecule has 0 bridgehead atoms. The van der Waals surface area contributed by atoms with E-state index in [1.54, 1.807) is 0 Å². The Bertz CT molecular complexity index is 457. The third kappa shape index (κ3) is 3.76. The van der Waals surface area contributed by atoms with Crippen molar-refractivity contribution in [3.8, 4) is 0 Å². The second-order valence-electron chi connectivity index (χ2n) is 5.07. The van der Waals surface area contributed by atoms with Crippen LogP contribution in [0.1, 0.15) is 39.5 Å². The Kier molecular flexibility index (Phi) is 6.07. The minimum absolute atomic E-state index is 0.227. The van der Waals surface area contributed by atoms with E-state index in [0.717, 1.165) is 25.0 Å². The molecule has 0 saturated carbocycles. The number of anilines is 1. The van der Waals surface area contributed by atoms with Gasteiger partial charge in [-0.2, -0.15) is 0 Å². The maximum absolute atomic E-state index is 13.2. The van der Waals surface area contributed by atoms with Crippen molar-refractivity contribution in [1.82, 2.24) is 0 Å². The number of hydrogen-bond donors (Lipinski definition) is 2. The molecule has 0 saturated heterocycles. The van der Waals surface area contributed by atoms with Gasteiger partial charge in [-0.1, -0.05) is 26.7 Å². The van der Waals surface area contributed by atoms with Crippen LogP contribution in [-0.4, -0.2) is 12.5 Å². The van der Waals surface area contributed by atoms with Gasteiger partial charge in [-0.25, -0.2) is 8.78 Å². The van der Waals surface area contributed by atoms with Crippen molar-refractivity contribution in [1.29, 1.82) is 0 Å². The number of nitrogens with one attached hydrogen (secondary N) is 1. The van der Waals surface area contributed by atoms with Gasteiger partial charge in [-0.3, -0.25) is 4.79 Å². The Balaban J connectivity index is 2.92. The van der Waals surface area contributed by atoms with Crippen molar-refractivity contribution in [2.75, 3.05) is 11.9 Å². The van der Waals surface area contributed by atoms with E-state index < -0.39 is 17.0 Å². The van der Waals surface area contributed by atoms with Gasteiger partial charge in [0, 0.05) is 18.3 Å². The molecule has 5 heteroatoms. The fourth-order valence-corrected chi connectivity index (χ4v) is 2.44. The summed E-state index contributed by atoms with van der Waals surface area (Å²) in [6.07, 6.45) is 3.02. The third-order valence-electron chi connectivity index (χ3n) is 3.51. The molecule has 0 unspecified atom stereocenters. The zero-order valence-electron chi connectivity index (χ0n) is 12.0. The van der Waals surface area contributed by atoms with Crippen LogP contribution in [0.5, 0.6) is 0 Å². The fourth-order valence-electron chi connectivity index (χ4n) is 2.44. The summed E-state index contributed by atoms with van der Waals surface area (Å²) in [5.74, 6) is -2.14. The summed E-state index contributed by atoms with van der Waals surface area (Å²) in [4.78, 5) is 12.4. The van der Waals surface area contributed by atoms with E-state index in [2.05, 4.69) is 5.32 Å². The number of carbonyl (C=O) groups excluding carboxylic acids is 1. The lowest BCUT2D eigenvalue weighted by Gasteiger charge is -2.30. The predicted molar refractivity (Wildman–Crippen MR) is 76.3 cm³/mol. The molecule has 0 heterocycles. The van der Waals surface area contributed by atoms with Gasteiger partial charge in [0.05, 0.1) is 5.41 Å². The summed E-state index contributed by atoms with van der Waals surface area (Å²) in [6, 6.07) is 3.32. The molecule has 0 radical (unpaired) electrons. The van der Waals surface area contributed by atoms with Gasteiger partial charge >= 0.3 is 0 Å². The zero-order valence-corrected chi connectivity index (χ0v) is 12.0. The highest BCUT2D eigenvalue weighted by atomic mass is 19.2. The van der Waals surface area contributed by atoms with E-state index >= 15 is 0 Å². The van der Waals surface area contributed by atoms with Crippen LogP contribution in [0.2, 0.25) is 0 Å². The molecule has 3 nitrogen and oxygen atoms in total. The number of nitrogens with two attached hydrogens (primary N) is 1. The van der Waals surface area contributed by atoms with Crippen molar-refractivity contribution in [3.05, 3.63) is 29.8 Å². The van der Waals surface area contributed by atoms with Gasteiger partial charge in [0.15, 0.2) is 11.6 Å². The number of hydrogen-bond acceptors (Lipinski definition) is 2. The maximum Gasteiger partial charge on any atom is 0.231 e. The van der Waals surface area contributed by atoms with Gasteiger partial charge in [0.2, 0.25) is 5.91 Å². The topological polar surface area (TPSA) is 55.1 Å². The molecule has 0 atom stereocenters. The largest absolute Gasteiger partial charge is 0.329 e. The molecule has 1 rings (SSSR count). The van der Waals surface area contributed by atoms with Crippen LogP contribution in [0, 0.1) is 17.0 Å². The van der Waals surface area contributed by atoms with E-state index in [9.17, 15) is 13.6 Å². The molecule has 112 valence electrons. The molecule has 0 aliphatic heterocycles. The molecule has 0 spiro atoms. The van der Waals surface area contributed by atoms with Crippen LogP contribution < -0.4 is 11.1 Å². The first-order chi connectivity index (χ1) is 9.49. The second-order valence-corrected chi connectivity index (χ2v) is 5.07. The molecule has 0 aliphatic carbocycles. The van der Waals surface area contributed by atoms with E-state index in [-0.39, 0.29) is 18.1 Å². The fraction of sp³-hybridized carbons (Fsp3) is 0.533. The highest BCUT2D eigenvalue weighted by molar-refractivity contribution is 5.95. The molecule has 0 fully saturated rings. The molecule has 0 aromatic heterocycles. The van der Waals surface area contributed by atoms with Gasteiger partial charge in [0.1, 0.15) is 0 Å². The highest BCUT2D eigenvalue weighted by Crippen LogP contribution is 2.30. The summed E-state index contributed by atoms with van der Waals surface area (Å²) in [5, 5.41) is 2.65. The highest BCUT2D eigenvalue weighted by Gasteiger charge is 2.35. The Morgan fingerprint density at radius 3 is 2.25 bits per heavy atom. The van der Waals surface area contributed by atoms with Crippen LogP contribution in [0.15, 0.2) is 18.2 Å². The maximum atomic E-state index is 13.2. The molecule has 0 aliphatic rings. The Hall–Kier alpha value is -1.49. The monoisotopic (exact) mass is 284 g/mol. The van der Waals surface area contributed by atoms with E-state index in [1.165, 1.54) is 6.07 Å². The minimum atomic E-state index is -0.980. The van der Waals surface area contributed by atoms with Crippen LogP contribution >= 0.6 is 0 Å². The summed E-state index contributed by atoms with van der Waals surface area (Å²) in [7, 11) is 0. The van der Waals surface area contributed by atoms with Crippen molar-refractivity contribution >= 4 is 11.6 Å². The number of carbonyl (C=O) groups is 1. The van der Waals surface area contributed by atoms with Crippen LogP contribution in [0.3, 0.4) is 0 Å². The van der Waals surface area contributed by atoms with Crippen molar-refractivity contribution in [2.24, 2.45) is 11.1 Å². The number of rotatable bonds is 7. The SMILES string of the molecule is CCCC(CN)(CCC)C(=O)Nc1ccc(F)c(F)c1. The van der Waals surface area contributed by atoms with E-state index in [0.29, 0.717) is 12.8 Å². The molecule has 1 aromatic rings. The number of benzene rings is 1. The van der Waals surface area contributed by atoms with Crippen LogP contribution in [0.25, 0.3) is 0 Å². The van der Waals surface area contributed by atoms with Gasteiger partial charge < -0.3 is 11.1 Å². The smallest absolute Gasteiger partial charge is 0.231 e. The second kappa shape index (κ2) is 7.33. The first kappa shape index (κ1) is 16.6. The zero-order chi connectivity index (χ0) is 15.2. The van der Waals surface area contributed by atoms with Crippen LogP contribution in [0.4, 0.5) is 14.5 Å². The first-order valence-corrected chi connectivity index (χ1v) is 6.95. The molecule has 3 N–H and O–H groups in total. The van der Waals surface area contributed by atoms with Crippen LogP contribution in [-0.2, 0) is 4.79 Å². The number of halogens is 2. The van der Waals surface area contributed by atoms with Gasteiger partial charge in [0.25, 0.3) is 0 Å². The predicted octanol–water partition coefficient (Wildman–Crippen LogP) is 3.45. The quantitative estimate of drug-likeness (QED) is 0.805. The van der Waals surface area contributed by atoms with Gasteiger partial charge in [-0.05, 0) is 25.0 Å². The average Bonchev–Trinajstić information content (AvgIpc) is 2.42. The molecule has 1 amide bonds. The normalized spacial score (nSPS) is 11.4. The summed E-state index contributed by atoms with van der Waals surface area (Å²) < 4.78 is 26.0. The average molecular weight is 284 g/mol.